The number of aromatic nitrogens is 1. The van der Waals surface area contributed by atoms with Crippen molar-refractivity contribution in [2.24, 2.45) is 5.92 Å². The molecule has 0 N–H and O–H groups in total. The highest BCUT2D eigenvalue weighted by molar-refractivity contribution is 5.93. The molecule has 0 atom stereocenters. The zero-order chi connectivity index (χ0) is 21.1. The van der Waals surface area contributed by atoms with Gasteiger partial charge in [0, 0.05) is 24.7 Å². The largest absolute Gasteiger partial charge is 0.355 e. The van der Waals surface area contributed by atoms with Crippen molar-refractivity contribution < 1.29 is 9.32 Å². The summed E-state index contributed by atoms with van der Waals surface area (Å²) in [6.07, 6.45) is 3.14. The zero-order valence-corrected chi connectivity index (χ0v) is 18.1. The van der Waals surface area contributed by atoms with Gasteiger partial charge in [-0.2, -0.15) is 0 Å². The molecule has 2 aromatic carbocycles. The molecule has 4 heteroatoms. The summed E-state index contributed by atoms with van der Waals surface area (Å²) in [5.41, 5.74) is 4.08. The lowest BCUT2D eigenvalue weighted by Crippen LogP contribution is -2.39. The molecular weight excluding hydrogens is 372 g/mol. The van der Waals surface area contributed by atoms with Crippen LogP contribution in [0.5, 0.6) is 0 Å². The van der Waals surface area contributed by atoms with Crippen LogP contribution in [0.25, 0.3) is 11.3 Å². The highest BCUT2D eigenvalue weighted by Crippen LogP contribution is 2.27. The predicted octanol–water partition coefficient (Wildman–Crippen LogP) is 5.73. The standard InChI is InChI=1S/C26H30N2O2/c1-26(2,3)22-11-9-21(10-12-22)24-18-23(27-30-24)25(29)28-15-13-20(14-16-28)17-19-7-5-4-6-8-19/h4-12,18,20H,13-17H2,1-3H3. The van der Waals surface area contributed by atoms with Crippen LogP contribution in [0, 0.1) is 5.92 Å². The van der Waals surface area contributed by atoms with Gasteiger partial charge in [-0.15, -0.1) is 0 Å². The summed E-state index contributed by atoms with van der Waals surface area (Å²) in [5.74, 6) is 1.23. The molecule has 0 unspecified atom stereocenters. The van der Waals surface area contributed by atoms with Gasteiger partial charge in [-0.3, -0.25) is 4.79 Å². The first-order chi connectivity index (χ1) is 14.4. The van der Waals surface area contributed by atoms with Crippen molar-refractivity contribution in [3.63, 3.8) is 0 Å². The summed E-state index contributed by atoms with van der Waals surface area (Å²) in [6.45, 7) is 8.13. The van der Waals surface area contributed by atoms with Gasteiger partial charge >= 0.3 is 0 Å². The van der Waals surface area contributed by atoms with Crippen LogP contribution in [0.1, 0.15) is 55.2 Å². The summed E-state index contributed by atoms with van der Waals surface area (Å²) >= 11 is 0. The van der Waals surface area contributed by atoms with E-state index in [2.05, 4.69) is 68.4 Å². The monoisotopic (exact) mass is 402 g/mol. The van der Waals surface area contributed by atoms with Crippen molar-refractivity contribution in [1.82, 2.24) is 10.1 Å². The van der Waals surface area contributed by atoms with Gasteiger partial charge in [-0.25, -0.2) is 0 Å². The first-order valence-electron chi connectivity index (χ1n) is 10.8. The maximum Gasteiger partial charge on any atom is 0.276 e. The first-order valence-corrected chi connectivity index (χ1v) is 10.8. The van der Waals surface area contributed by atoms with Gasteiger partial charge in [-0.05, 0) is 41.7 Å². The van der Waals surface area contributed by atoms with Crippen LogP contribution in [-0.4, -0.2) is 29.1 Å². The Labute approximate surface area is 178 Å². The third kappa shape index (κ3) is 4.64. The van der Waals surface area contributed by atoms with Crippen LogP contribution in [0.2, 0.25) is 0 Å². The third-order valence-electron chi connectivity index (χ3n) is 6.03. The molecule has 1 aromatic heterocycles. The Morgan fingerprint density at radius 3 is 2.33 bits per heavy atom. The third-order valence-corrected chi connectivity index (χ3v) is 6.03. The molecule has 30 heavy (non-hydrogen) atoms. The van der Waals surface area contributed by atoms with Gasteiger partial charge in [0.25, 0.3) is 5.91 Å². The van der Waals surface area contributed by atoms with Crippen LogP contribution in [0.4, 0.5) is 0 Å². The molecule has 1 amide bonds. The van der Waals surface area contributed by atoms with Crippen molar-refractivity contribution in [3.05, 3.63) is 77.5 Å². The topological polar surface area (TPSA) is 46.3 Å². The molecule has 4 nitrogen and oxygen atoms in total. The summed E-state index contributed by atoms with van der Waals surface area (Å²) < 4.78 is 5.49. The number of rotatable bonds is 4. The number of benzene rings is 2. The molecule has 1 saturated heterocycles. The minimum atomic E-state index is -0.0329. The number of carbonyl (C=O) groups excluding carboxylic acids is 1. The van der Waals surface area contributed by atoms with Crippen molar-refractivity contribution in [3.8, 4) is 11.3 Å². The van der Waals surface area contributed by atoms with E-state index in [1.54, 1.807) is 6.07 Å². The molecule has 0 saturated carbocycles. The molecule has 4 rings (SSSR count). The number of hydrogen-bond donors (Lipinski definition) is 0. The van der Waals surface area contributed by atoms with Crippen molar-refractivity contribution >= 4 is 5.91 Å². The quantitative estimate of drug-likeness (QED) is 0.559. The second kappa shape index (κ2) is 8.47. The van der Waals surface area contributed by atoms with E-state index in [0.717, 1.165) is 37.9 Å². The SMILES string of the molecule is CC(C)(C)c1ccc(-c2cc(C(=O)N3CCC(Cc4ccccc4)CC3)no2)cc1. The Balaban J connectivity index is 1.36. The van der Waals surface area contributed by atoms with Gasteiger partial charge < -0.3 is 9.42 Å². The number of hydrogen-bond acceptors (Lipinski definition) is 3. The highest BCUT2D eigenvalue weighted by Gasteiger charge is 2.26. The zero-order valence-electron chi connectivity index (χ0n) is 18.1. The lowest BCUT2D eigenvalue weighted by Gasteiger charge is -2.31. The van der Waals surface area contributed by atoms with Crippen LogP contribution in [-0.2, 0) is 11.8 Å². The fourth-order valence-electron chi connectivity index (χ4n) is 4.10. The van der Waals surface area contributed by atoms with E-state index in [9.17, 15) is 4.79 Å². The minimum absolute atomic E-state index is 0.0329. The van der Waals surface area contributed by atoms with Gasteiger partial charge in [0.1, 0.15) is 0 Å². The molecule has 0 spiro atoms. The van der Waals surface area contributed by atoms with E-state index in [1.165, 1.54) is 11.1 Å². The van der Waals surface area contributed by atoms with E-state index in [1.807, 2.05) is 17.0 Å². The second-order valence-electron chi connectivity index (χ2n) is 9.33. The van der Waals surface area contributed by atoms with E-state index in [0.29, 0.717) is 17.4 Å². The summed E-state index contributed by atoms with van der Waals surface area (Å²) in [6, 6.07) is 20.6. The lowest BCUT2D eigenvalue weighted by molar-refractivity contribution is 0.0680. The number of nitrogens with zero attached hydrogens (tertiary/aromatic N) is 2. The molecule has 156 valence electrons. The van der Waals surface area contributed by atoms with E-state index >= 15 is 0 Å². The molecule has 2 heterocycles. The molecule has 0 radical (unpaired) electrons. The Morgan fingerprint density at radius 2 is 1.70 bits per heavy atom. The molecule has 3 aromatic rings. The van der Waals surface area contributed by atoms with Crippen molar-refractivity contribution in [2.75, 3.05) is 13.1 Å². The summed E-state index contributed by atoms with van der Waals surface area (Å²) in [7, 11) is 0. The maximum absolute atomic E-state index is 12.9. The Hall–Kier alpha value is -2.88. The number of carbonyl (C=O) groups is 1. The van der Waals surface area contributed by atoms with Crippen LogP contribution >= 0.6 is 0 Å². The number of piperidine rings is 1. The summed E-state index contributed by atoms with van der Waals surface area (Å²) in [5, 5.41) is 4.06. The molecule has 1 fully saturated rings. The van der Waals surface area contributed by atoms with E-state index < -0.39 is 0 Å². The average molecular weight is 403 g/mol. The lowest BCUT2D eigenvalue weighted by atomic mass is 9.86. The smallest absolute Gasteiger partial charge is 0.276 e. The minimum Gasteiger partial charge on any atom is -0.355 e. The average Bonchev–Trinajstić information content (AvgIpc) is 3.24. The molecule has 1 aliphatic heterocycles. The molecule has 0 aliphatic carbocycles. The van der Waals surface area contributed by atoms with Gasteiger partial charge in [0.15, 0.2) is 11.5 Å². The Bertz CT molecular complexity index is 976. The van der Waals surface area contributed by atoms with E-state index in [4.69, 9.17) is 4.52 Å². The Kier molecular flexibility index (Phi) is 5.76. The highest BCUT2D eigenvalue weighted by atomic mass is 16.5. The first kappa shape index (κ1) is 20.4. The van der Waals surface area contributed by atoms with Crippen LogP contribution < -0.4 is 0 Å². The summed E-state index contributed by atoms with van der Waals surface area (Å²) in [4.78, 5) is 14.8. The molecule has 1 aliphatic rings. The molecular formula is C26H30N2O2. The van der Waals surface area contributed by atoms with Crippen molar-refractivity contribution in [1.29, 1.82) is 0 Å². The van der Waals surface area contributed by atoms with Crippen LogP contribution in [0.3, 0.4) is 0 Å². The second-order valence-corrected chi connectivity index (χ2v) is 9.33. The van der Waals surface area contributed by atoms with E-state index in [-0.39, 0.29) is 11.3 Å². The van der Waals surface area contributed by atoms with Gasteiger partial charge in [0.05, 0.1) is 0 Å². The number of likely N-dealkylation sites (tertiary alicyclic amines) is 1. The molecule has 0 bridgehead atoms. The van der Waals surface area contributed by atoms with Crippen molar-refractivity contribution in [2.45, 2.75) is 45.4 Å². The fourth-order valence-corrected chi connectivity index (χ4v) is 4.10. The van der Waals surface area contributed by atoms with Crippen LogP contribution in [0.15, 0.2) is 65.2 Å². The fraction of sp³-hybridized carbons (Fsp3) is 0.385. The normalized spacial score (nSPS) is 15.4. The maximum atomic E-state index is 12.9. The number of amides is 1. The Morgan fingerprint density at radius 1 is 1.03 bits per heavy atom. The predicted molar refractivity (Wildman–Crippen MR) is 119 cm³/mol. The van der Waals surface area contributed by atoms with Gasteiger partial charge in [-0.1, -0.05) is 80.5 Å². The van der Waals surface area contributed by atoms with Gasteiger partial charge in [0.2, 0.25) is 0 Å².